The quantitative estimate of drug-likeness (QED) is 0.728. The SMILES string of the molecule is CC(C)(C)n1ncc2c1NC(=O)CC21C(=O)Nc2ccc(Br)cc21. The fourth-order valence-electron chi connectivity index (χ4n) is 3.57. The molecule has 2 aliphatic rings. The van der Waals surface area contributed by atoms with Crippen LogP contribution >= 0.6 is 15.9 Å². The van der Waals surface area contributed by atoms with Gasteiger partial charge in [0.05, 0.1) is 11.7 Å². The molecule has 0 radical (unpaired) electrons. The maximum absolute atomic E-state index is 12.9. The van der Waals surface area contributed by atoms with Gasteiger partial charge in [0.15, 0.2) is 0 Å². The Bertz CT molecular complexity index is 896. The van der Waals surface area contributed by atoms with Gasteiger partial charge in [-0.1, -0.05) is 15.9 Å². The lowest BCUT2D eigenvalue weighted by Crippen LogP contribution is -2.44. The summed E-state index contributed by atoms with van der Waals surface area (Å²) in [5, 5.41) is 10.3. The van der Waals surface area contributed by atoms with Gasteiger partial charge in [0.1, 0.15) is 11.2 Å². The molecule has 6 nitrogen and oxygen atoms in total. The molecule has 0 bridgehead atoms. The largest absolute Gasteiger partial charge is 0.325 e. The summed E-state index contributed by atoms with van der Waals surface area (Å²) in [7, 11) is 0. The Labute approximate surface area is 147 Å². The van der Waals surface area contributed by atoms with Crippen LogP contribution in [0.15, 0.2) is 28.9 Å². The van der Waals surface area contributed by atoms with Crippen molar-refractivity contribution >= 4 is 39.2 Å². The summed E-state index contributed by atoms with van der Waals surface area (Å²) in [5.41, 5.74) is 0.958. The van der Waals surface area contributed by atoms with Gasteiger partial charge < -0.3 is 10.6 Å². The van der Waals surface area contributed by atoms with Gasteiger partial charge in [0, 0.05) is 22.1 Å². The highest BCUT2D eigenvalue weighted by atomic mass is 79.9. The van der Waals surface area contributed by atoms with Crippen molar-refractivity contribution in [3.8, 4) is 0 Å². The number of aromatic nitrogens is 2. The van der Waals surface area contributed by atoms with E-state index in [1.54, 1.807) is 10.9 Å². The lowest BCUT2D eigenvalue weighted by atomic mass is 9.72. The van der Waals surface area contributed by atoms with Crippen LogP contribution in [0.25, 0.3) is 0 Å². The molecule has 2 aromatic rings. The van der Waals surface area contributed by atoms with Crippen LogP contribution in [0, 0.1) is 0 Å². The zero-order valence-electron chi connectivity index (χ0n) is 13.6. The third-order valence-electron chi connectivity index (χ3n) is 4.63. The molecule has 2 N–H and O–H groups in total. The number of hydrogen-bond donors (Lipinski definition) is 2. The Morgan fingerprint density at radius 3 is 2.67 bits per heavy atom. The summed E-state index contributed by atoms with van der Waals surface area (Å²) < 4.78 is 2.64. The Kier molecular flexibility index (Phi) is 3.01. The van der Waals surface area contributed by atoms with Gasteiger partial charge >= 0.3 is 0 Å². The van der Waals surface area contributed by atoms with E-state index in [0.717, 1.165) is 21.3 Å². The van der Waals surface area contributed by atoms with Crippen LogP contribution in [-0.4, -0.2) is 21.6 Å². The molecule has 7 heteroatoms. The molecule has 3 heterocycles. The highest BCUT2D eigenvalue weighted by Gasteiger charge is 2.54. The second-order valence-electron chi connectivity index (χ2n) is 7.26. The molecule has 2 aliphatic heterocycles. The van der Waals surface area contributed by atoms with Crippen molar-refractivity contribution in [3.63, 3.8) is 0 Å². The normalized spacial score (nSPS) is 22.2. The number of fused-ring (bicyclic) bond motifs is 4. The summed E-state index contributed by atoms with van der Waals surface area (Å²) in [6.45, 7) is 6.02. The van der Waals surface area contributed by atoms with E-state index in [1.165, 1.54) is 0 Å². The van der Waals surface area contributed by atoms with Gasteiger partial charge in [-0.05, 0) is 44.5 Å². The van der Waals surface area contributed by atoms with Gasteiger partial charge in [-0.25, -0.2) is 4.68 Å². The lowest BCUT2D eigenvalue weighted by Gasteiger charge is -2.33. The molecule has 1 atom stereocenters. The maximum atomic E-state index is 12.9. The van der Waals surface area contributed by atoms with E-state index in [0.29, 0.717) is 5.82 Å². The molecular formula is C17H17BrN4O2. The standard InChI is InChI=1S/C17H17BrN4O2/c1-16(2,3)22-14-11(8-19-22)17(7-13(23)21-14)10-6-9(18)4-5-12(10)20-15(17)24/h4-6,8H,7H2,1-3H3,(H,20,24)(H,21,23). The first-order valence-corrected chi connectivity index (χ1v) is 8.53. The topological polar surface area (TPSA) is 76.0 Å². The Hall–Kier alpha value is -2.15. The highest BCUT2D eigenvalue weighted by molar-refractivity contribution is 9.10. The van der Waals surface area contributed by atoms with Crippen LogP contribution < -0.4 is 10.6 Å². The molecule has 1 aromatic carbocycles. The summed E-state index contributed by atoms with van der Waals surface area (Å²) in [4.78, 5) is 25.4. The second kappa shape index (κ2) is 4.69. The maximum Gasteiger partial charge on any atom is 0.240 e. The minimum absolute atomic E-state index is 0.0745. The number of anilines is 2. The third kappa shape index (κ3) is 1.90. The van der Waals surface area contributed by atoms with Gasteiger partial charge in [-0.3, -0.25) is 9.59 Å². The Morgan fingerprint density at radius 2 is 1.96 bits per heavy atom. The molecule has 1 spiro atoms. The Morgan fingerprint density at radius 1 is 1.21 bits per heavy atom. The minimum atomic E-state index is -1.03. The van der Waals surface area contributed by atoms with E-state index in [2.05, 4.69) is 31.7 Å². The molecule has 4 rings (SSSR count). The van der Waals surface area contributed by atoms with E-state index in [4.69, 9.17) is 0 Å². The summed E-state index contributed by atoms with van der Waals surface area (Å²) in [5.74, 6) is 0.235. The molecule has 124 valence electrons. The van der Waals surface area contributed by atoms with Gasteiger partial charge in [0.2, 0.25) is 11.8 Å². The van der Waals surface area contributed by atoms with E-state index >= 15 is 0 Å². The van der Waals surface area contributed by atoms with Crippen molar-refractivity contribution in [1.82, 2.24) is 9.78 Å². The fourth-order valence-corrected chi connectivity index (χ4v) is 3.94. The van der Waals surface area contributed by atoms with Crippen molar-refractivity contribution < 1.29 is 9.59 Å². The molecule has 0 fully saturated rings. The number of hydrogen-bond acceptors (Lipinski definition) is 3. The fraction of sp³-hybridized carbons (Fsp3) is 0.353. The van der Waals surface area contributed by atoms with Crippen molar-refractivity contribution in [3.05, 3.63) is 40.0 Å². The summed E-state index contributed by atoms with van der Waals surface area (Å²) >= 11 is 3.47. The van der Waals surface area contributed by atoms with E-state index in [1.807, 2.05) is 39.0 Å². The number of nitrogens with one attached hydrogen (secondary N) is 2. The molecule has 24 heavy (non-hydrogen) atoms. The van der Waals surface area contributed by atoms with Gasteiger partial charge in [-0.15, -0.1) is 0 Å². The van der Waals surface area contributed by atoms with Crippen molar-refractivity contribution in [1.29, 1.82) is 0 Å². The van der Waals surface area contributed by atoms with E-state index in [-0.39, 0.29) is 23.8 Å². The second-order valence-corrected chi connectivity index (χ2v) is 8.18. The van der Waals surface area contributed by atoms with Crippen LogP contribution in [0.2, 0.25) is 0 Å². The number of rotatable bonds is 0. The van der Waals surface area contributed by atoms with Crippen molar-refractivity contribution in [2.75, 3.05) is 10.6 Å². The van der Waals surface area contributed by atoms with Gasteiger partial charge in [0.25, 0.3) is 0 Å². The zero-order valence-corrected chi connectivity index (χ0v) is 15.2. The first kappa shape index (κ1) is 15.4. The predicted octanol–water partition coefficient (Wildman–Crippen LogP) is 2.98. The first-order valence-electron chi connectivity index (χ1n) is 7.74. The number of halogens is 1. The van der Waals surface area contributed by atoms with Crippen LogP contribution in [0.4, 0.5) is 11.5 Å². The van der Waals surface area contributed by atoms with Crippen LogP contribution in [-0.2, 0) is 20.5 Å². The van der Waals surface area contributed by atoms with E-state index < -0.39 is 5.41 Å². The molecule has 0 saturated carbocycles. The number of carbonyl (C=O) groups is 2. The van der Waals surface area contributed by atoms with Crippen LogP contribution in [0.5, 0.6) is 0 Å². The third-order valence-corrected chi connectivity index (χ3v) is 5.12. The highest BCUT2D eigenvalue weighted by Crippen LogP contribution is 2.50. The molecule has 1 unspecified atom stereocenters. The zero-order chi connectivity index (χ0) is 17.3. The first-order chi connectivity index (χ1) is 11.2. The lowest BCUT2D eigenvalue weighted by molar-refractivity contribution is -0.125. The van der Waals surface area contributed by atoms with E-state index in [9.17, 15) is 9.59 Å². The predicted molar refractivity (Wildman–Crippen MR) is 94.0 cm³/mol. The number of nitrogens with zero attached hydrogens (tertiary/aromatic N) is 2. The number of benzene rings is 1. The van der Waals surface area contributed by atoms with Crippen molar-refractivity contribution in [2.24, 2.45) is 0 Å². The van der Waals surface area contributed by atoms with Crippen LogP contribution in [0.1, 0.15) is 38.3 Å². The average Bonchev–Trinajstić information content (AvgIpc) is 3.01. The smallest absolute Gasteiger partial charge is 0.240 e. The number of amides is 2. The monoisotopic (exact) mass is 388 g/mol. The number of carbonyl (C=O) groups excluding carboxylic acids is 2. The minimum Gasteiger partial charge on any atom is -0.325 e. The van der Waals surface area contributed by atoms with Gasteiger partial charge in [-0.2, -0.15) is 5.10 Å². The Balaban J connectivity index is 2.03. The average molecular weight is 389 g/mol. The molecule has 0 saturated heterocycles. The van der Waals surface area contributed by atoms with Crippen molar-refractivity contribution in [2.45, 2.75) is 38.1 Å². The summed E-state index contributed by atoms with van der Waals surface area (Å²) in [6.07, 6.45) is 1.78. The molecular weight excluding hydrogens is 372 g/mol. The van der Waals surface area contributed by atoms with Crippen LogP contribution in [0.3, 0.4) is 0 Å². The molecule has 2 amide bonds. The molecule has 1 aromatic heterocycles. The summed E-state index contributed by atoms with van der Waals surface area (Å²) in [6, 6.07) is 5.64. The molecule has 0 aliphatic carbocycles.